The number of nitrogens with zero attached hydrogens (tertiary/aromatic N) is 5. The third-order valence-corrected chi connectivity index (χ3v) is 10.9. The van der Waals surface area contributed by atoms with Gasteiger partial charge in [-0.05, 0) is 112 Å². The van der Waals surface area contributed by atoms with Crippen molar-refractivity contribution >= 4 is 17.4 Å². The van der Waals surface area contributed by atoms with Gasteiger partial charge in [-0.25, -0.2) is 13.6 Å². The van der Waals surface area contributed by atoms with Crippen LogP contribution < -0.4 is 26.8 Å². The molecule has 5 heterocycles. The highest BCUT2D eigenvalue weighted by Crippen LogP contribution is 2.43. The normalized spacial score (nSPS) is 19.2. The van der Waals surface area contributed by atoms with E-state index in [0.29, 0.717) is 49.1 Å². The van der Waals surface area contributed by atoms with Crippen LogP contribution in [0.25, 0.3) is 0 Å². The Morgan fingerprint density at radius 1 is 0.960 bits per heavy atom. The van der Waals surface area contributed by atoms with Crippen LogP contribution in [0.5, 0.6) is 11.5 Å². The van der Waals surface area contributed by atoms with Crippen LogP contribution in [0, 0.1) is 11.6 Å². The van der Waals surface area contributed by atoms with E-state index in [9.17, 15) is 18.4 Å². The maximum Gasteiger partial charge on any atom is 0.350 e. The number of halogens is 2. The summed E-state index contributed by atoms with van der Waals surface area (Å²) in [5, 5.41) is 6.71. The monoisotopic (exact) mass is 690 g/mol. The van der Waals surface area contributed by atoms with Crippen LogP contribution in [0.2, 0.25) is 0 Å². The van der Waals surface area contributed by atoms with E-state index < -0.39 is 11.6 Å². The molecule has 0 unspecified atom stereocenters. The molecule has 3 fully saturated rings. The van der Waals surface area contributed by atoms with E-state index in [-0.39, 0.29) is 36.1 Å². The molecule has 0 spiro atoms. The Bertz CT molecular complexity index is 1720. The lowest BCUT2D eigenvalue weighted by molar-refractivity contribution is -0.134. The van der Waals surface area contributed by atoms with Crippen molar-refractivity contribution in [2.75, 3.05) is 64.2 Å². The number of benzene rings is 2. The fourth-order valence-electron chi connectivity index (χ4n) is 7.94. The second-order valence-electron chi connectivity index (χ2n) is 14.1. The summed E-state index contributed by atoms with van der Waals surface area (Å²) in [5.74, 6) is 0.272. The fraction of sp³-hybridized carbons (Fsp3) is 0.541. The molecule has 0 atom stereocenters. The molecule has 13 heteroatoms. The molecule has 3 aromatic rings. The minimum Gasteiger partial charge on any atom is -0.450 e. The van der Waals surface area contributed by atoms with Gasteiger partial charge < -0.3 is 30.9 Å². The Morgan fingerprint density at radius 3 is 2.48 bits per heavy atom. The zero-order chi connectivity index (χ0) is 34.6. The van der Waals surface area contributed by atoms with Crippen LogP contribution in [0.4, 0.5) is 20.3 Å². The van der Waals surface area contributed by atoms with Crippen LogP contribution in [0.3, 0.4) is 0 Å². The molecule has 0 radical (unpaired) electrons. The van der Waals surface area contributed by atoms with E-state index in [2.05, 4.69) is 37.6 Å². The number of likely N-dealkylation sites (tertiary alicyclic amines) is 2. The van der Waals surface area contributed by atoms with Gasteiger partial charge in [0.2, 0.25) is 5.91 Å². The van der Waals surface area contributed by atoms with E-state index in [1.54, 1.807) is 16.8 Å². The lowest BCUT2D eigenvalue weighted by atomic mass is 9.89. The quantitative estimate of drug-likeness (QED) is 0.224. The van der Waals surface area contributed by atoms with Crippen molar-refractivity contribution in [2.45, 2.75) is 69.5 Å². The standard InChI is InChI=1S/C37H48F2N8O3/c38-30-4-2-25(20-31(30)39)22-46(28-6-13-41-14-7-28)24-35(48)45-18-8-26(9-19-45)27-3-5-33-32(21-27)42-36-34(50-33)23-47(37(49)43-36)29-10-16-44(17-11-29)15-1-12-40/h2-5,20-21,23,26,28-29,41H,1,6-19,22,24,40H2,(H,42,43,49). The van der Waals surface area contributed by atoms with Crippen molar-refractivity contribution in [2.24, 2.45) is 5.73 Å². The Labute approximate surface area is 291 Å². The van der Waals surface area contributed by atoms with E-state index in [0.717, 1.165) is 95.0 Å². The van der Waals surface area contributed by atoms with Crippen molar-refractivity contribution in [3.63, 3.8) is 0 Å². The summed E-state index contributed by atoms with van der Waals surface area (Å²) in [6.07, 6.45) is 8.01. The third-order valence-electron chi connectivity index (χ3n) is 10.9. The first kappa shape index (κ1) is 34.5. The molecule has 1 amide bonds. The molecular weight excluding hydrogens is 642 g/mol. The lowest BCUT2D eigenvalue weighted by Gasteiger charge is -2.37. The van der Waals surface area contributed by atoms with Crippen LogP contribution in [-0.4, -0.2) is 95.1 Å². The summed E-state index contributed by atoms with van der Waals surface area (Å²) in [7, 11) is 0. The van der Waals surface area contributed by atoms with Gasteiger partial charge in [-0.2, -0.15) is 4.98 Å². The number of hydrogen-bond acceptors (Lipinski definition) is 9. The Morgan fingerprint density at radius 2 is 1.74 bits per heavy atom. The molecule has 4 N–H and O–H groups in total. The number of nitrogens with two attached hydrogens (primary N) is 1. The zero-order valence-electron chi connectivity index (χ0n) is 28.6. The third kappa shape index (κ3) is 7.85. The predicted molar refractivity (Wildman–Crippen MR) is 188 cm³/mol. The van der Waals surface area contributed by atoms with Gasteiger partial charge in [-0.1, -0.05) is 12.1 Å². The summed E-state index contributed by atoms with van der Waals surface area (Å²) in [6, 6.07) is 10.4. The summed E-state index contributed by atoms with van der Waals surface area (Å²) in [5.41, 5.74) is 7.99. The van der Waals surface area contributed by atoms with Crippen molar-refractivity contribution in [3.8, 4) is 11.5 Å². The van der Waals surface area contributed by atoms with E-state index >= 15 is 0 Å². The van der Waals surface area contributed by atoms with Gasteiger partial charge in [0.1, 0.15) is 0 Å². The Balaban J connectivity index is 0.956. The van der Waals surface area contributed by atoms with Crippen LogP contribution in [-0.2, 0) is 11.3 Å². The SMILES string of the molecule is NCCCN1CCC(n2cc3c(nc2=O)Nc2cc(C4CCN(C(=O)CN(Cc5ccc(F)c(F)c5)C5CCNCC5)CC4)ccc2O3)CC1. The molecule has 0 aliphatic carbocycles. The second kappa shape index (κ2) is 15.5. The minimum absolute atomic E-state index is 0.0653. The molecule has 3 saturated heterocycles. The number of carbonyl (C=O) groups is 1. The molecule has 2 aromatic carbocycles. The van der Waals surface area contributed by atoms with Gasteiger partial charge in [0.15, 0.2) is 29.0 Å². The number of piperidine rings is 3. The largest absolute Gasteiger partial charge is 0.450 e. The molecule has 1 aromatic heterocycles. The highest BCUT2D eigenvalue weighted by atomic mass is 19.2. The summed E-state index contributed by atoms with van der Waals surface area (Å²) in [6.45, 7) is 7.22. The molecule has 50 heavy (non-hydrogen) atoms. The van der Waals surface area contributed by atoms with E-state index in [1.807, 2.05) is 11.0 Å². The molecular formula is C37H48F2N8O3. The van der Waals surface area contributed by atoms with Gasteiger partial charge >= 0.3 is 5.69 Å². The first-order valence-electron chi connectivity index (χ1n) is 18.2. The summed E-state index contributed by atoms with van der Waals surface area (Å²) in [4.78, 5) is 37.5. The highest BCUT2D eigenvalue weighted by molar-refractivity contribution is 5.78. The molecule has 4 aliphatic heterocycles. The average Bonchev–Trinajstić information content (AvgIpc) is 3.14. The molecule has 7 rings (SSSR count). The number of aromatic nitrogens is 2. The number of hydrogen-bond donors (Lipinski definition) is 3. The number of ether oxygens (including phenoxy) is 1. The maximum absolute atomic E-state index is 14.0. The van der Waals surface area contributed by atoms with Gasteiger partial charge in [-0.3, -0.25) is 14.3 Å². The summed E-state index contributed by atoms with van der Waals surface area (Å²) < 4.78 is 35.5. The zero-order valence-corrected chi connectivity index (χ0v) is 28.6. The number of amides is 1. The fourth-order valence-corrected chi connectivity index (χ4v) is 7.94. The molecule has 0 saturated carbocycles. The highest BCUT2D eigenvalue weighted by Gasteiger charge is 2.30. The number of anilines is 2. The van der Waals surface area contributed by atoms with Gasteiger partial charge in [0, 0.05) is 44.8 Å². The lowest BCUT2D eigenvalue weighted by Crippen LogP contribution is -2.49. The van der Waals surface area contributed by atoms with Crippen molar-refractivity contribution in [3.05, 3.63) is 75.8 Å². The Kier molecular flexibility index (Phi) is 10.7. The molecule has 0 bridgehead atoms. The minimum atomic E-state index is -0.866. The topological polar surface area (TPSA) is 121 Å². The predicted octanol–water partition coefficient (Wildman–Crippen LogP) is 4.32. The van der Waals surface area contributed by atoms with Crippen molar-refractivity contribution in [1.82, 2.24) is 29.6 Å². The second-order valence-corrected chi connectivity index (χ2v) is 14.1. The number of rotatable bonds is 10. The van der Waals surface area contributed by atoms with Crippen molar-refractivity contribution in [1.29, 1.82) is 0 Å². The number of fused-ring (bicyclic) bond motifs is 2. The Hall–Kier alpha value is -3.91. The average molecular weight is 691 g/mol. The van der Waals surface area contributed by atoms with Crippen LogP contribution >= 0.6 is 0 Å². The van der Waals surface area contributed by atoms with Crippen molar-refractivity contribution < 1.29 is 18.3 Å². The van der Waals surface area contributed by atoms with E-state index in [4.69, 9.17) is 10.5 Å². The molecule has 268 valence electrons. The molecule has 4 aliphatic rings. The first-order chi connectivity index (χ1) is 24.3. The van der Waals surface area contributed by atoms with Gasteiger partial charge in [0.05, 0.1) is 18.4 Å². The van der Waals surface area contributed by atoms with Crippen LogP contribution in [0.1, 0.15) is 68.0 Å². The first-order valence-corrected chi connectivity index (χ1v) is 18.2. The van der Waals surface area contributed by atoms with E-state index in [1.165, 1.54) is 6.07 Å². The smallest absolute Gasteiger partial charge is 0.350 e. The van der Waals surface area contributed by atoms with Gasteiger partial charge in [-0.15, -0.1) is 0 Å². The summed E-state index contributed by atoms with van der Waals surface area (Å²) >= 11 is 0. The number of carbonyl (C=O) groups excluding carboxylic acids is 1. The van der Waals surface area contributed by atoms with Crippen LogP contribution in [0.15, 0.2) is 47.4 Å². The maximum atomic E-state index is 14.0. The number of nitrogens with one attached hydrogen (secondary N) is 2. The molecule has 11 nitrogen and oxygen atoms in total. The van der Waals surface area contributed by atoms with Gasteiger partial charge in [0.25, 0.3) is 0 Å².